The van der Waals surface area contributed by atoms with Gasteiger partial charge in [-0.05, 0) is 52.0 Å². The van der Waals surface area contributed by atoms with Crippen LogP contribution in [-0.2, 0) is 0 Å². The summed E-state index contributed by atoms with van der Waals surface area (Å²) in [5.41, 5.74) is 0. The Morgan fingerprint density at radius 3 is 2.00 bits per heavy atom. The standard InChI is InChI=1S/C14H31N3/c1-4-16(5-2)11-7-12-17(6-3)13-10-15-14-8-9-14/h14-15H,4-13H2,1-3H3. The van der Waals surface area contributed by atoms with Crippen molar-refractivity contribution in [3.05, 3.63) is 0 Å². The summed E-state index contributed by atoms with van der Waals surface area (Å²) in [5.74, 6) is 0. The van der Waals surface area contributed by atoms with Gasteiger partial charge in [-0.1, -0.05) is 20.8 Å². The van der Waals surface area contributed by atoms with E-state index < -0.39 is 0 Å². The van der Waals surface area contributed by atoms with Crippen molar-refractivity contribution >= 4 is 0 Å². The molecular formula is C14H31N3. The van der Waals surface area contributed by atoms with Crippen LogP contribution in [0.3, 0.4) is 0 Å². The molecule has 0 aliphatic heterocycles. The third-order valence-electron chi connectivity index (χ3n) is 3.73. The van der Waals surface area contributed by atoms with Crippen LogP contribution in [0.15, 0.2) is 0 Å². The lowest BCUT2D eigenvalue weighted by Gasteiger charge is -2.23. The lowest BCUT2D eigenvalue weighted by atomic mass is 10.3. The smallest absolute Gasteiger partial charge is 0.0107 e. The Balaban J connectivity index is 2.00. The molecule has 3 heteroatoms. The van der Waals surface area contributed by atoms with Crippen molar-refractivity contribution in [3.8, 4) is 0 Å². The van der Waals surface area contributed by atoms with Crippen LogP contribution >= 0.6 is 0 Å². The van der Waals surface area contributed by atoms with Gasteiger partial charge in [-0.25, -0.2) is 0 Å². The lowest BCUT2D eigenvalue weighted by molar-refractivity contribution is 0.243. The normalized spacial score (nSPS) is 16.1. The van der Waals surface area contributed by atoms with Crippen LogP contribution in [0, 0.1) is 0 Å². The van der Waals surface area contributed by atoms with E-state index in [1.807, 2.05) is 0 Å². The van der Waals surface area contributed by atoms with Crippen molar-refractivity contribution in [2.45, 2.75) is 46.1 Å². The highest BCUT2D eigenvalue weighted by molar-refractivity contribution is 4.81. The topological polar surface area (TPSA) is 18.5 Å². The molecule has 0 atom stereocenters. The van der Waals surface area contributed by atoms with Crippen molar-refractivity contribution in [3.63, 3.8) is 0 Å². The van der Waals surface area contributed by atoms with Crippen molar-refractivity contribution in [2.24, 2.45) is 0 Å². The molecule has 0 bridgehead atoms. The number of likely N-dealkylation sites (N-methyl/N-ethyl adjacent to an activating group) is 1. The van der Waals surface area contributed by atoms with E-state index in [4.69, 9.17) is 0 Å². The zero-order valence-corrected chi connectivity index (χ0v) is 12.0. The van der Waals surface area contributed by atoms with Gasteiger partial charge >= 0.3 is 0 Å². The first-order valence-electron chi connectivity index (χ1n) is 7.48. The molecule has 0 amide bonds. The Hall–Kier alpha value is -0.120. The molecule has 1 aliphatic carbocycles. The van der Waals surface area contributed by atoms with Gasteiger partial charge in [0, 0.05) is 19.1 Å². The summed E-state index contributed by atoms with van der Waals surface area (Å²) in [6.07, 6.45) is 4.10. The summed E-state index contributed by atoms with van der Waals surface area (Å²) in [7, 11) is 0. The minimum Gasteiger partial charge on any atom is -0.313 e. The summed E-state index contributed by atoms with van der Waals surface area (Å²) in [4.78, 5) is 5.08. The molecule has 1 aliphatic rings. The average molecular weight is 241 g/mol. The van der Waals surface area contributed by atoms with Crippen molar-refractivity contribution in [1.82, 2.24) is 15.1 Å². The van der Waals surface area contributed by atoms with Crippen LogP contribution in [0.5, 0.6) is 0 Å². The minimum absolute atomic E-state index is 0.851. The molecule has 17 heavy (non-hydrogen) atoms. The van der Waals surface area contributed by atoms with E-state index in [2.05, 4.69) is 35.9 Å². The number of rotatable bonds is 11. The molecule has 1 fully saturated rings. The van der Waals surface area contributed by atoms with Gasteiger partial charge in [0.15, 0.2) is 0 Å². The molecule has 0 heterocycles. The molecule has 0 radical (unpaired) electrons. The molecule has 1 N–H and O–H groups in total. The van der Waals surface area contributed by atoms with Gasteiger partial charge in [0.05, 0.1) is 0 Å². The molecule has 1 saturated carbocycles. The second kappa shape index (κ2) is 8.90. The van der Waals surface area contributed by atoms with Gasteiger partial charge in [0.1, 0.15) is 0 Å². The Bertz CT molecular complexity index is 176. The fourth-order valence-corrected chi connectivity index (χ4v) is 2.20. The highest BCUT2D eigenvalue weighted by atomic mass is 15.2. The third kappa shape index (κ3) is 7.02. The summed E-state index contributed by atoms with van der Waals surface area (Å²) in [6.45, 7) is 15.2. The second-order valence-corrected chi connectivity index (χ2v) is 5.04. The molecule has 102 valence electrons. The fraction of sp³-hybridized carbons (Fsp3) is 1.00. The maximum Gasteiger partial charge on any atom is 0.0107 e. The lowest BCUT2D eigenvalue weighted by Crippen LogP contribution is -2.35. The molecule has 0 spiro atoms. The van der Waals surface area contributed by atoms with Crippen molar-refractivity contribution in [1.29, 1.82) is 0 Å². The highest BCUT2D eigenvalue weighted by Gasteiger charge is 2.19. The van der Waals surface area contributed by atoms with Crippen molar-refractivity contribution in [2.75, 3.05) is 45.8 Å². The van der Waals surface area contributed by atoms with E-state index in [9.17, 15) is 0 Å². The summed E-state index contributed by atoms with van der Waals surface area (Å²) in [6, 6.07) is 0.851. The molecule has 0 aromatic rings. The van der Waals surface area contributed by atoms with E-state index >= 15 is 0 Å². The predicted octanol–water partition coefficient (Wildman–Crippen LogP) is 1.79. The van der Waals surface area contributed by atoms with Crippen LogP contribution in [0.2, 0.25) is 0 Å². The summed E-state index contributed by atoms with van der Waals surface area (Å²) < 4.78 is 0. The van der Waals surface area contributed by atoms with E-state index in [-0.39, 0.29) is 0 Å². The fourth-order valence-electron chi connectivity index (χ4n) is 2.20. The summed E-state index contributed by atoms with van der Waals surface area (Å²) >= 11 is 0. The maximum atomic E-state index is 3.59. The van der Waals surface area contributed by atoms with Crippen LogP contribution in [0.1, 0.15) is 40.0 Å². The van der Waals surface area contributed by atoms with Gasteiger partial charge in [-0.3, -0.25) is 0 Å². The van der Waals surface area contributed by atoms with Crippen LogP contribution in [0.25, 0.3) is 0 Å². The first-order valence-corrected chi connectivity index (χ1v) is 7.48. The highest BCUT2D eigenvalue weighted by Crippen LogP contribution is 2.17. The minimum atomic E-state index is 0.851. The van der Waals surface area contributed by atoms with Gasteiger partial charge in [0.25, 0.3) is 0 Å². The van der Waals surface area contributed by atoms with E-state index in [1.165, 1.54) is 65.1 Å². The molecule has 0 unspecified atom stereocenters. The molecule has 0 saturated heterocycles. The number of hydrogen-bond donors (Lipinski definition) is 1. The average Bonchev–Trinajstić information content (AvgIpc) is 3.16. The van der Waals surface area contributed by atoms with Crippen LogP contribution in [-0.4, -0.2) is 61.7 Å². The van der Waals surface area contributed by atoms with E-state index in [0.717, 1.165) is 6.04 Å². The van der Waals surface area contributed by atoms with Gasteiger partial charge in [0.2, 0.25) is 0 Å². The number of nitrogens with zero attached hydrogens (tertiary/aromatic N) is 2. The van der Waals surface area contributed by atoms with Crippen molar-refractivity contribution < 1.29 is 0 Å². The molecule has 0 aromatic carbocycles. The number of nitrogens with one attached hydrogen (secondary N) is 1. The van der Waals surface area contributed by atoms with Gasteiger partial charge in [-0.2, -0.15) is 0 Å². The molecule has 0 aromatic heterocycles. The predicted molar refractivity (Wildman–Crippen MR) is 75.5 cm³/mol. The zero-order chi connectivity index (χ0) is 12.5. The SMILES string of the molecule is CCN(CC)CCCN(CC)CCNC1CC1. The molecule has 1 rings (SSSR count). The monoisotopic (exact) mass is 241 g/mol. The maximum absolute atomic E-state index is 3.59. The van der Waals surface area contributed by atoms with Crippen LogP contribution in [0.4, 0.5) is 0 Å². The Labute approximate surface area is 108 Å². The molecular weight excluding hydrogens is 210 g/mol. The summed E-state index contributed by atoms with van der Waals surface area (Å²) in [5, 5.41) is 3.59. The Morgan fingerprint density at radius 1 is 0.882 bits per heavy atom. The Kier molecular flexibility index (Phi) is 7.82. The van der Waals surface area contributed by atoms with Gasteiger partial charge in [-0.15, -0.1) is 0 Å². The first kappa shape index (κ1) is 14.9. The first-order chi connectivity index (χ1) is 8.30. The van der Waals surface area contributed by atoms with E-state index in [0.29, 0.717) is 0 Å². The largest absolute Gasteiger partial charge is 0.313 e. The zero-order valence-electron chi connectivity index (χ0n) is 12.0. The number of hydrogen-bond acceptors (Lipinski definition) is 3. The quantitative estimate of drug-likeness (QED) is 0.595. The van der Waals surface area contributed by atoms with E-state index in [1.54, 1.807) is 0 Å². The third-order valence-corrected chi connectivity index (χ3v) is 3.73. The second-order valence-electron chi connectivity index (χ2n) is 5.04. The van der Waals surface area contributed by atoms with Gasteiger partial charge < -0.3 is 15.1 Å². The van der Waals surface area contributed by atoms with Crippen LogP contribution < -0.4 is 5.32 Å². The molecule has 3 nitrogen and oxygen atoms in total. The Morgan fingerprint density at radius 2 is 1.47 bits per heavy atom.